The Morgan fingerprint density at radius 3 is 2.29 bits per heavy atom. The minimum atomic E-state index is 0.554. The highest BCUT2D eigenvalue weighted by Crippen LogP contribution is 2.39. The minimum Gasteiger partial charge on any atom is -0.493 e. The van der Waals surface area contributed by atoms with E-state index in [0.29, 0.717) is 22.4 Å². The van der Waals surface area contributed by atoms with Crippen LogP contribution in [0.25, 0.3) is 0 Å². The van der Waals surface area contributed by atoms with E-state index in [1.165, 1.54) is 11.3 Å². The van der Waals surface area contributed by atoms with Crippen LogP contribution < -0.4 is 19.5 Å². The number of methoxy groups -OCH3 is 3. The second-order valence-corrected chi connectivity index (χ2v) is 4.92. The van der Waals surface area contributed by atoms with Gasteiger partial charge in [-0.15, -0.1) is 11.3 Å². The molecule has 7 heteroatoms. The van der Waals surface area contributed by atoms with E-state index in [-0.39, 0.29) is 0 Å². The number of anilines is 1. The van der Waals surface area contributed by atoms with Crippen molar-refractivity contribution in [2.45, 2.75) is 6.92 Å². The van der Waals surface area contributed by atoms with E-state index in [9.17, 15) is 0 Å². The van der Waals surface area contributed by atoms with Gasteiger partial charge < -0.3 is 19.5 Å². The highest BCUT2D eigenvalue weighted by atomic mass is 32.1. The first kappa shape index (κ1) is 15.1. The predicted octanol–water partition coefficient (Wildman–Crippen LogP) is 3.25. The molecule has 6 nitrogen and oxygen atoms in total. The molecule has 0 aliphatic heterocycles. The van der Waals surface area contributed by atoms with Gasteiger partial charge in [-0.05, 0) is 6.92 Å². The number of aryl methyl sites for hydroxylation is 1. The fourth-order valence-electron chi connectivity index (χ4n) is 1.73. The van der Waals surface area contributed by atoms with Gasteiger partial charge >= 0.3 is 0 Å². The number of nitrogens with zero attached hydrogens (tertiary/aromatic N) is 2. The normalized spacial score (nSPS) is 10.7. The van der Waals surface area contributed by atoms with E-state index in [1.54, 1.807) is 39.8 Å². The van der Waals surface area contributed by atoms with Gasteiger partial charge in [-0.3, -0.25) is 0 Å². The largest absolute Gasteiger partial charge is 0.493 e. The van der Waals surface area contributed by atoms with Crippen molar-refractivity contribution in [2.24, 2.45) is 4.99 Å². The third-order valence-electron chi connectivity index (χ3n) is 2.68. The zero-order valence-corrected chi connectivity index (χ0v) is 13.2. The monoisotopic (exact) mass is 307 g/mol. The maximum Gasteiger partial charge on any atom is 0.210 e. The van der Waals surface area contributed by atoms with Gasteiger partial charge in [0.05, 0.1) is 33.4 Å². The maximum absolute atomic E-state index is 5.29. The number of rotatable bonds is 6. The molecule has 0 unspecified atom stereocenters. The molecule has 0 spiro atoms. The molecular formula is C14H17N3O3S. The summed E-state index contributed by atoms with van der Waals surface area (Å²) in [7, 11) is 4.72. The molecule has 0 bridgehead atoms. The zero-order valence-electron chi connectivity index (χ0n) is 12.3. The standard InChI is InChI=1S/C14H17N3O3S/c1-9-7-21-14(17-9)16-8-15-10-5-11(18-2)13(20-4)12(6-10)19-3/h5-8H,1-4H3,(H,15,16,17). The summed E-state index contributed by atoms with van der Waals surface area (Å²) < 4.78 is 15.8. The highest BCUT2D eigenvalue weighted by Gasteiger charge is 2.12. The molecule has 1 N–H and O–H groups in total. The fourth-order valence-corrected chi connectivity index (χ4v) is 2.37. The molecule has 1 aromatic carbocycles. The van der Waals surface area contributed by atoms with Crippen molar-refractivity contribution in [3.05, 3.63) is 23.2 Å². The third-order valence-corrected chi connectivity index (χ3v) is 3.54. The molecule has 1 aromatic heterocycles. The molecule has 0 saturated carbocycles. The van der Waals surface area contributed by atoms with Crippen molar-refractivity contribution < 1.29 is 14.2 Å². The lowest BCUT2D eigenvalue weighted by molar-refractivity contribution is 0.324. The van der Waals surface area contributed by atoms with Crippen LogP contribution in [0.2, 0.25) is 0 Å². The smallest absolute Gasteiger partial charge is 0.210 e. The lowest BCUT2D eigenvalue weighted by Crippen LogP contribution is -1.99. The molecular weight excluding hydrogens is 290 g/mol. The first-order chi connectivity index (χ1) is 10.2. The molecule has 2 aromatic rings. The molecule has 0 amide bonds. The van der Waals surface area contributed by atoms with Crippen molar-refractivity contribution in [1.29, 1.82) is 0 Å². The van der Waals surface area contributed by atoms with Crippen LogP contribution in [-0.2, 0) is 0 Å². The van der Waals surface area contributed by atoms with Crippen molar-refractivity contribution in [2.75, 3.05) is 26.6 Å². The molecule has 0 aliphatic carbocycles. The lowest BCUT2D eigenvalue weighted by Gasteiger charge is -2.13. The number of benzene rings is 1. The van der Waals surface area contributed by atoms with Crippen LogP contribution in [0.15, 0.2) is 22.5 Å². The van der Waals surface area contributed by atoms with Crippen molar-refractivity contribution in [3.63, 3.8) is 0 Å². The molecule has 0 fully saturated rings. The van der Waals surface area contributed by atoms with E-state index in [0.717, 1.165) is 11.4 Å². The second kappa shape index (κ2) is 6.94. The van der Waals surface area contributed by atoms with Crippen LogP contribution in [0.3, 0.4) is 0 Å². The minimum absolute atomic E-state index is 0.554. The van der Waals surface area contributed by atoms with Gasteiger partial charge in [0.25, 0.3) is 0 Å². The van der Waals surface area contributed by atoms with Crippen molar-refractivity contribution in [1.82, 2.24) is 4.98 Å². The predicted molar refractivity (Wildman–Crippen MR) is 84.7 cm³/mol. The Balaban J connectivity index is 2.18. The number of nitrogens with one attached hydrogen (secondary N) is 1. The Bertz CT molecular complexity index is 615. The zero-order chi connectivity index (χ0) is 15.2. The number of aromatic nitrogens is 1. The molecule has 0 radical (unpaired) electrons. The Morgan fingerprint density at radius 2 is 1.81 bits per heavy atom. The molecule has 0 aliphatic rings. The molecule has 0 atom stereocenters. The molecule has 112 valence electrons. The molecule has 1 heterocycles. The summed E-state index contributed by atoms with van der Waals surface area (Å²) in [6, 6.07) is 3.61. The van der Waals surface area contributed by atoms with Crippen LogP contribution in [0.1, 0.15) is 5.69 Å². The summed E-state index contributed by atoms with van der Waals surface area (Å²) >= 11 is 1.49. The van der Waals surface area contributed by atoms with Crippen LogP contribution in [0.5, 0.6) is 17.2 Å². The van der Waals surface area contributed by atoms with E-state index >= 15 is 0 Å². The van der Waals surface area contributed by atoms with Crippen LogP contribution in [0, 0.1) is 6.92 Å². The Kier molecular flexibility index (Phi) is 4.99. The van der Waals surface area contributed by atoms with Gasteiger partial charge in [-0.2, -0.15) is 0 Å². The SMILES string of the molecule is COc1cc(N/C=N/c2nc(C)cs2)cc(OC)c1OC. The van der Waals surface area contributed by atoms with Gasteiger partial charge in [0, 0.05) is 23.2 Å². The van der Waals surface area contributed by atoms with Gasteiger partial charge in [-0.25, -0.2) is 9.98 Å². The quantitative estimate of drug-likeness (QED) is 0.655. The number of ether oxygens (including phenoxy) is 3. The van der Waals surface area contributed by atoms with Gasteiger partial charge in [0.1, 0.15) is 0 Å². The fraction of sp³-hybridized carbons (Fsp3) is 0.286. The average molecular weight is 307 g/mol. The summed E-state index contributed by atoms with van der Waals surface area (Å²) in [5.41, 5.74) is 1.74. The highest BCUT2D eigenvalue weighted by molar-refractivity contribution is 7.13. The molecule has 2 rings (SSSR count). The van der Waals surface area contributed by atoms with Crippen LogP contribution in [0.4, 0.5) is 10.8 Å². The summed E-state index contributed by atoms with van der Waals surface area (Å²) in [5.74, 6) is 1.72. The topological polar surface area (TPSA) is 65.0 Å². The van der Waals surface area contributed by atoms with E-state index in [2.05, 4.69) is 15.3 Å². The van der Waals surface area contributed by atoms with Crippen molar-refractivity contribution >= 4 is 28.5 Å². The average Bonchev–Trinajstić information content (AvgIpc) is 2.91. The maximum atomic E-state index is 5.29. The lowest BCUT2D eigenvalue weighted by atomic mass is 10.2. The van der Waals surface area contributed by atoms with Gasteiger partial charge in [0.2, 0.25) is 10.9 Å². The summed E-state index contributed by atoms with van der Waals surface area (Å²) in [4.78, 5) is 8.48. The molecule has 0 saturated heterocycles. The Hall–Kier alpha value is -2.28. The third kappa shape index (κ3) is 3.63. The first-order valence-corrected chi connectivity index (χ1v) is 7.07. The van der Waals surface area contributed by atoms with Gasteiger partial charge in [-0.1, -0.05) is 0 Å². The summed E-state index contributed by atoms with van der Waals surface area (Å²) in [6.07, 6.45) is 1.58. The Labute approximate surface area is 127 Å². The Morgan fingerprint density at radius 1 is 1.14 bits per heavy atom. The summed E-state index contributed by atoms with van der Waals surface area (Å²) in [6.45, 7) is 1.93. The summed E-state index contributed by atoms with van der Waals surface area (Å²) in [5, 5.41) is 5.71. The van der Waals surface area contributed by atoms with Crippen LogP contribution in [-0.4, -0.2) is 32.7 Å². The van der Waals surface area contributed by atoms with Crippen LogP contribution >= 0.6 is 11.3 Å². The number of aliphatic imine (C=N–C) groups is 1. The second-order valence-electron chi connectivity index (χ2n) is 4.09. The number of hydrogen-bond donors (Lipinski definition) is 1. The number of thiazole rings is 1. The first-order valence-electron chi connectivity index (χ1n) is 6.19. The van der Waals surface area contributed by atoms with E-state index in [4.69, 9.17) is 14.2 Å². The van der Waals surface area contributed by atoms with Gasteiger partial charge in [0.15, 0.2) is 11.5 Å². The number of hydrogen-bond acceptors (Lipinski definition) is 6. The van der Waals surface area contributed by atoms with Crippen molar-refractivity contribution in [3.8, 4) is 17.2 Å². The van der Waals surface area contributed by atoms with E-state index in [1.807, 2.05) is 12.3 Å². The van der Waals surface area contributed by atoms with E-state index < -0.39 is 0 Å². The molecule has 21 heavy (non-hydrogen) atoms.